The van der Waals surface area contributed by atoms with Gasteiger partial charge in [0.2, 0.25) is 5.91 Å². The minimum atomic E-state index is -0.456. The molecule has 1 N–H and O–H groups in total. The highest BCUT2D eigenvalue weighted by Gasteiger charge is 2.26. The van der Waals surface area contributed by atoms with Gasteiger partial charge in [-0.3, -0.25) is 9.69 Å². The van der Waals surface area contributed by atoms with Crippen LogP contribution in [0.15, 0.2) is 78.9 Å². The Kier molecular flexibility index (Phi) is 8.07. The van der Waals surface area contributed by atoms with E-state index in [-0.39, 0.29) is 5.91 Å². The average Bonchev–Trinajstić information content (AvgIpc) is 2.78. The number of hydrogen-bond acceptors (Lipinski definition) is 4. The molecule has 162 valence electrons. The number of nitrogens with zero attached hydrogens (tertiary/aromatic N) is 1. The molecule has 5 heteroatoms. The Morgan fingerprint density at radius 3 is 2.19 bits per heavy atom. The lowest BCUT2D eigenvalue weighted by molar-refractivity contribution is -0.121. The van der Waals surface area contributed by atoms with Crippen molar-refractivity contribution in [3.05, 3.63) is 90.0 Å². The van der Waals surface area contributed by atoms with Gasteiger partial charge in [-0.2, -0.15) is 0 Å². The molecule has 1 atom stereocenters. The Labute approximate surface area is 184 Å². The van der Waals surface area contributed by atoms with E-state index in [1.807, 2.05) is 105 Å². The molecular formula is C26H30N2O3. The summed E-state index contributed by atoms with van der Waals surface area (Å²) < 4.78 is 11.2. The summed E-state index contributed by atoms with van der Waals surface area (Å²) in [4.78, 5) is 15.5. The Bertz CT molecular complexity index is 958. The topological polar surface area (TPSA) is 50.8 Å². The van der Waals surface area contributed by atoms with Crippen LogP contribution in [0.3, 0.4) is 0 Å². The normalized spacial score (nSPS) is 11.7. The molecule has 3 aromatic rings. The molecule has 0 spiro atoms. The molecule has 0 saturated heterocycles. The summed E-state index contributed by atoms with van der Waals surface area (Å²) in [5.74, 6) is 1.41. The van der Waals surface area contributed by atoms with E-state index in [9.17, 15) is 4.79 Å². The minimum absolute atomic E-state index is 0.105. The highest BCUT2D eigenvalue weighted by atomic mass is 16.5. The van der Waals surface area contributed by atoms with Crippen molar-refractivity contribution in [2.45, 2.75) is 26.4 Å². The third kappa shape index (κ3) is 6.09. The van der Waals surface area contributed by atoms with Gasteiger partial charge in [-0.05, 0) is 56.3 Å². The maximum absolute atomic E-state index is 13.4. The van der Waals surface area contributed by atoms with E-state index in [1.54, 1.807) is 0 Å². The fourth-order valence-electron chi connectivity index (χ4n) is 3.53. The molecule has 0 saturated carbocycles. The molecular weight excluding hydrogens is 388 g/mol. The molecule has 0 unspecified atom stereocenters. The van der Waals surface area contributed by atoms with Crippen molar-refractivity contribution in [1.29, 1.82) is 0 Å². The van der Waals surface area contributed by atoms with E-state index in [1.165, 1.54) is 0 Å². The van der Waals surface area contributed by atoms with Gasteiger partial charge in [0.25, 0.3) is 0 Å². The first-order chi connectivity index (χ1) is 15.1. The lowest BCUT2D eigenvalue weighted by Crippen LogP contribution is -2.34. The van der Waals surface area contributed by atoms with Gasteiger partial charge in [0.1, 0.15) is 17.5 Å². The number of nitrogens with one attached hydrogen (secondary N) is 1. The van der Waals surface area contributed by atoms with Crippen LogP contribution in [0.25, 0.3) is 0 Å². The Morgan fingerprint density at radius 1 is 0.871 bits per heavy atom. The van der Waals surface area contributed by atoms with Crippen LogP contribution in [0.5, 0.6) is 11.5 Å². The first kappa shape index (κ1) is 22.4. The molecule has 0 radical (unpaired) electrons. The molecule has 0 fully saturated rings. The van der Waals surface area contributed by atoms with E-state index in [0.717, 1.165) is 16.9 Å². The van der Waals surface area contributed by atoms with Gasteiger partial charge in [-0.15, -0.1) is 0 Å². The van der Waals surface area contributed by atoms with Gasteiger partial charge in [0.15, 0.2) is 0 Å². The zero-order valence-electron chi connectivity index (χ0n) is 18.4. The summed E-state index contributed by atoms with van der Waals surface area (Å²) in [6.45, 7) is 5.68. The van der Waals surface area contributed by atoms with Crippen molar-refractivity contribution in [2.75, 3.05) is 25.6 Å². The van der Waals surface area contributed by atoms with Crippen LogP contribution in [0.1, 0.15) is 31.0 Å². The Hall–Kier alpha value is -3.31. The van der Waals surface area contributed by atoms with Crippen LogP contribution in [0.4, 0.5) is 5.69 Å². The Balaban J connectivity index is 1.82. The van der Waals surface area contributed by atoms with Crippen LogP contribution in [-0.4, -0.2) is 31.1 Å². The lowest BCUT2D eigenvalue weighted by atomic mass is 10.0. The van der Waals surface area contributed by atoms with Gasteiger partial charge in [0, 0.05) is 6.54 Å². The molecule has 0 bridgehead atoms. The molecule has 3 rings (SSSR count). The number of carbonyl (C=O) groups excluding carboxylic acids is 1. The monoisotopic (exact) mass is 418 g/mol. The van der Waals surface area contributed by atoms with Crippen LogP contribution >= 0.6 is 0 Å². The summed E-state index contributed by atoms with van der Waals surface area (Å²) in [7, 11) is 1.96. The number of carbonyl (C=O) groups is 1. The number of hydrogen-bond donors (Lipinski definition) is 1. The van der Waals surface area contributed by atoms with Crippen molar-refractivity contribution < 1.29 is 14.3 Å². The number of benzene rings is 3. The molecule has 0 heterocycles. The van der Waals surface area contributed by atoms with Crippen LogP contribution < -0.4 is 14.8 Å². The zero-order chi connectivity index (χ0) is 22.1. The average molecular weight is 419 g/mol. The second-order valence-corrected chi connectivity index (χ2v) is 7.22. The zero-order valence-corrected chi connectivity index (χ0v) is 18.4. The first-order valence-electron chi connectivity index (χ1n) is 10.6. The number of anilines is 1. The van der Waals surface area contributed by atoms with E-state index in [2.05, 4.69) is 5.32 Å². The predicted molar refractivity (Wildman–Crippen MR) is 125 cm³/mol. The van der Waals surface area contributed by atoms with Gasteiger partial charge < -0.3 is 14.8 Å². The van der Waals surface area contributed by atoms with Gasteiger partial charge >= 0.3 is 0 Å². The van der Waals surface area contributed by atoms with E-state index in [0.29, 0.717) is 31.2 Å². The van der Waals surface area contributed by atoms with Crippen molar-refractivity contribution in [3.8, 4) is 11.5 Å². The molecule has 3 aromatic carbocycles. The van der Waals surface area contributed by atoms with Crippen LogP contribution in [-0.2, 0) is 11.3 Å². The van der Waals surface area contributed by atoms with E-state index in [4.69, 9.17) is 9.47 Å². The highest BCUT2D eigenvalue weighted by molar-refractivity contribution is 5.96. The maximum Gasteiger partial charge on any atom is 0.246 e. The smallest absolute Gasteiger partial charge is 0.246 e. The lowest BCUT2D eigenvalue weighted by Gasteiger charge is -2.28. The van der Waals surface area contributed by atoms with E-state index < -0.39 is 6.04 Å². The first-order valence-corrected chi connectivity index (χ1v) is 10.6. The minimum Gasteiger partial charge on any atom is -0.494 e. The largest absolute Gasteiger partial charge is 0.494 e. The number of amides is 1. The standard InChI is InChI=1S/C26H30N2O3/c1-4-30-22-17-15-20(16-18-22)19-28(3)25(21-11-7-6-8-12-21)26(29)27-23-13-9-10-14-24(23)31-5-2/h6-18,25H,4-5,19H2,1-3H3,(H,27,29)/t25-/m0/s1. The summed E-state index contributed by atoms with van der Waals surface area (Å²) in [5, 5.41) is 3.06. The second kappa shape index (κ2) is 11.2. The summed E-state index contributed by atoms with van der Waals surface area (Å²) in [5.41, 5.74) is 2.71. The second-order valence-electron chi connectivity index (χ2n) is 7.22. The molecule has 0 aliphatic rings. The third-order valence-electron chi connectivity index (χ3n) is 4.92. The van der Waals surface area contributed by atoms with Crippen LogP contribution in [0, 0.1) is 0 Å². The number of rotatable bonds is 10. The van der Waals surface area contributed by atoms with Crippen LogP contribution in [0.2, 0.25) is 0 Å². The number of para-hydroxylation sites is 2. The number of likely N-dealkylation sites (N-methyl/N-ethyl adjacent to an activating group) is 1. The predicted octanol–water partition coefficient (Wildman–Crippen LogP) is 5.30. The molecule has 1 amide bonds. The summed E-state index contributed by atoms with van der Waals surface area (Å²) in [6, 6.07) is 24.9. The molecule has 5 nitrogen and oxygen atoms in total. The van der Waals surface area contributed by atoms with Crippen molar-refractivity contribution in [3.63, 3.8) is 0 Å². The Morgan fingerprint density at radius 2 is 1.52 bits per heavy atom. The SMILES string of the molecule is CCOc1ccc(CN(C)[C@H](C(=O)Nc2ccccc2OCC)c2ccccc2)cc1. The molecule has 0 aliphatic carbocycles. The van der Waals surface area contributed by atoms with Crippen molar-refractivity contribution in [2.24, 2.45) is 0 Å². The molecule has 0 aromatic heterocycles. The molecule has 31 heavy (non-hydrogen) atoms. The van der Waals surface area contributed by atoms with Gasteiger partial charge in [0.05, 0.1) is 18.9 Å². The quantitative estimate of drug-likeness (QED) is 0.486. The van der Waals surface area contributed by atoms with Gasteiger partial charge in [-0.1, -0.05) is 54.6 Å². The highest BCUT2D eigenvalue weighted by Crippen LogP contribution is 2.28. The third-order valence-corrected chi connectivity index (χ3v) is 4.92. The summed E-state index contributed by atoms with van der Waals surface area (Å²) >= 11 is 0. The fourth-order valence-corrected chi connectivity index (χ4v) is 3.53. The van der Waals surface area contributed by atoms with E-state index >= 15 is 0 Å². The van der Waals surface area contributed by atoms with Crippen molar-refractivity contribution >= 4 is 11.6 Å². The number of ether oxygens (including phenoxy) is 2. The van der Waals surface area contributed by atoms with Crippen molar-refractivity contribution in [1.82, 2.24) is 4.90 Å². The van der Waals surface area contributed by atoms with Gasteiger partial charge in [-0.25, -0.2) is 0 Å². The summed E-state index contributed by atoms with van der Waals surface area (Å²) in [6.07, 6.45) is 0. The molecule has 0 aliphatic heterocycles. The fraction of sp³-hybridized carbons (Fsp3) is 0.269. The maximum atomic E-state index is 13.4.